The van der Waals surface area contributed by atoms with Gasteiger partial charge in [-0.25, -0.2) is 4.39 Å². The maximum absolute atomic E-state index is 13.3. The van der Waals surface area contributed by atoms with Crippen molar-refractivity contribution in [2.24, 2.45) is 0 Å². The molecular weight excluding hydrogens is 335 g/mol. The van der Waals surface area contributed by atoms with Gasteiger partial charge in [0.25, 0.3) is 0 Å². The molecular formula is C17H18BrFO2. The van der Waals surface area contributed by atoms with Gasteiger partial charge in [-0.05, 0) is 74.7 Å². The highest BCUT2D eigenvalue weighted by atomic mass is 79.9. The molecule has 2 aromatic carbocycles. The summed E-state index contributed by atoms with van der Waals surface area (Å²) in [6, 6.07) is 8.33. The minimum atomic E-state index is -0.964. The summed E-state index contributed by atoms with van der Waals surface area (Å²) >= 11 is 3.42. The van der Waals surface area contributed by atoms with Crippen molar-refractivity contribution in [1.29, 1.82) is 0 Å². The van der Waals surface area contributed by atoms with Crippen molar-refractivity contribution >= 4 is 15.9 Å². The Hall–Kier alpha value is -1.39. The summed E-state index contributed by atoms with van der Waals surface area (Å²) in [5.41, 5.74) is 1.24. The van der Waals surface area contributed by atoms with Crippen LogP contribution in [0.1, 0.15) is 30.5 Å². The average molecular weight is 353 g/mol. The van der Waals surface area contributed by atoms with E-state index in [0.29, 0.717) is 11.5 Å². The van der Waals surface area contributed by atoms with Crippen molar-refractivity contribution in [3.05, 3.63) is 57.3 Å². The smallest absolute Gasteiger partial charge is 0.133 e. The summed E-state index contributed by atoms with van der Waals surface area (Å²) in [5, 5.41) is 10.1. The highest BCUT2D eigenvalue weighted by molar-refractivity contribution is 9.10. The predicted molar refractivity (Wildman–Crippen MR) is 85.3 cm³/mol. The Bertz CT molecular complexity index is 652. The Kier molecular flexibility index (Phi) is 4.40. The summed E-state index contributed by atoms with van der Waals surface area (Å²) in [7, 11) is 0. The van der Waals surface area contributed by atoms with Crippen LogP contribution in [0.25, 0.3) is 0 Å². The molecule has 0 bridgehead atoms. The number of hydrogen-bond acceptors (Lipinski definition) is 2. The molecule has 2 aromatic rings. The van der Waals surface area contributed by atoms with Gasteiger partial charge in [0, 0.05) is 4.47 Å². The standard InChI is InChI=1S/C17H18BrFO2/c1-10-5-14(19)6-11(2)16(10)21-15-8-12(17(3,4)20)7-13(18)9-15/h5-9,20H,1-4H3. The number of halogens is 2. The first kappa shape index (κ1) is 16.0. The van der Waals surface area contributed by atoms with E-state index >= 15 is 0 Å². The summed E-state index contributed by atoms with van der Waals surface area (Å²) in [4.78, 5) is 0. The molecule has 0 saturated carbocycles. The minimum Gasteiger partial charge on any atom is -0.457 e. The quantitative estimate of drug-likeness (QED) is 0.819. The maximum atomic E-state index is 13.3. The Morgan fingerprint density at radius 2 is 1.62 bits per heavy atom. The molecule has 1 N–H and O–H groups in total. The average Bonchev–Trinajstić information content (AvgIpc) is 2.32. The molecule has 0 saturated heterocycles. The van der Waals surface area contributed by atoms with Gasteiger partial charge < -0.3 is 9.84 Å². The van der Waals surface area contributed by atoms with Crippen molar-refractivity contribution in [1.82, 2.24) is 0 Å². The number of ether oxygens (including phenoxy) is 1. The molecule has 0 unspecified atom stereocenters. The normalized spacial score (nSPS) is 11.6. The van der Waals surface area contributed by atoms with E-state index < -0.39 is 5.60 Å². The molecule has 0 radical (unpaired) electrons. The zero-order valence-corrected chi connectivity index (χ0v) is 14.1. The molecule has 0 amide bonds. The molecule has 0 spiro atoms. The van der Waals surface area contributed by atoms with E-state index in [2.05, 4.69) is 15.9 Å². The molecule has 0 atom stereocenters. The van der Waals surface area contributed by atoms with E-state index in [9.17, 15) is 9.50 Å². The molecule has 2 rings (SSSR count). The Morgan fingerprint density at radius 3 is 2.14 bits per heavy atom. The second-order valence-corrected chi connectivity index (χ2v) is 6.62. The van der Waals surface area contributed by atoms with Gasteiger partial charge in [-0.3, -0.25) is 0 Å². The molecule has 0 aromatic heterocycles. The molecule has 4 heteroatoms. The number of hydrogen-bond donors (Lipinski definition) is 1. The van der Waals surface area contributed by atoms with Gasteiger partial charge in [0.2, 0.25) is 0 Å². The van der Waals surface area contributed by atoms with Crippen molar-refractivity contribution in [3.63, 3.8) is 0 Å². The van der Waals surface area contributed by atoms with Crippen molar-refractivity contribution in [2.75, 3.05) is 0 Å². The van der Waals surface area contributed by atoms with Crippen molar-refractivity contribution in [3.8, 4) is 11.5 Å². The van der Waals surface area contributed by atoms with Crippen molar-refractivity contribution < 1.29 is 14.2 Å². The number of aliphatic hydroxyl groups is 1. The first-order chi connectivity index (χ1) is 9.66. The lowest BCUT2D eigenvalue weighted by Gasteiger charge is -2.20. The molecule has 0 fully saturated rings. The highest BCUT2D eigenvalue weighted by Gasteiger charge is 2.18. The van der Waals surface area contributed by atoms with E-state index in [1.54, 1.807) is 33.8 Å². The maximum Gasteiger partial charge on any atom is 0.133 e. The van der Waals surface area contributed by atoms with Crippen LogP contribution in [-0.4, -0.2) is 5.11 Å². The van der Waals surface area contributed by atoms with Gasteiger partial charge in [0.05, 0.1) is 5.60 Å². The zero-order valence-electron chi connectivity index (χ0n) is 12.5. The summed E-state index contributed by atoms with van der Waals surface area (Å²) in [6.45, 7) is 7.04. The third kappa shape index (κ3) is 3.83. The largest absolute Gasteiger partial charge is 0.457 e. The minimum absolute atomic E-state index is 0.274. The topological polar surface area (TPSA) is 29.5 Å². The first-order valence-electron chi connectivity index (χ1n) is 6.65. The number of rotatable bonds is 3. The highest BCUT2D eigenvalue weighted by Crippen LogP contribution is 2.34. The van der Waals surface area contributed by atoms with Crippen LogP contribution < -0.4 is 4.74 Å². The molecule has 0 aliphatic heterocycles. The first-order valence-corrected chi connectivity index (χ1v) is 7.44. The van der Waals surface area contributed by atoms with Crippen LogP contribution in [0.3, 0.4) is 0 Å². The molecule has 2 nitrogen and oxygen atoms in total. The SMILES string of the molecule is Cc1cc(F)cc(C)c1Oc1cc(Br)cc(C(C)(C)O)c1. The van der Waals surface area contributed by atoms with Gasteiger partial charge in [-0.1, -0.05) is 15.9 Å². The van der Waals surface area contributed by atoms with Crippen LogP contribution in [0.15, 0.2) is 34.8 Å². The second-order valence-electron chi connectivity index (χ2n) is 5.71. The van der Waals surface area contributed by atoms with E-state index in [4.69, 9.17) is 4.74 Å². The Labute approximate surface area is 132 Å². The van der Waals surface area contributed by atoms with E-state index in [0.717, 1.165) is 21.2 Å². The van der Waals surface area contributed by atoms with E-state index in [-0.39, 0.29) is 5.82 Å². The van der Waals surface area contributed by atoms with Gasteiger partial charge in [0.15, 0.2) is 0 Å². The summed E-state index contributed by atoms with van der Waals surface area (Å²) in [6.07, 6.45) is 0. The molecule has 21 heavy (non-hydrogen) atoms. The Balaban J connectivity index is 2.43. The lowest BCUT2D eigenvalue weighted by molar-refractivity contribution is 0.0783. The monoisotopic (exact) mass is 352 g/mol. The van der Waals surface area contributed by atoms with Gasteiger partial charge in [-0.15, -0.1) is 0 Å². The van der Waals surface area contributed by atoms with Crippen LogP contribution in [0.4, 0.5) is 4.39 Å². The van der Waals surface area contributed by atoms with Crippen LogP contribution >= 0.6 is 15.9 Å². The lowest BCUT2D eigenvalue weighted by Crippen LogP contribution is -2.15. The zero-order chi connectivity index (χ0) is 15.8. The molecule has 0 aliphatic rings. The number of benzene rings is 2. The Morgan fingerprint density at radius 1 is 1.05 bits per heavy atom. The van der Waals surface area contributed by atoms with E-state index in [1.807, 2.05) is 12.1 Å². The fourth-order valence-electron chi connectivity index (χ4n) is 2.15. The molecule has 0 heterocycles. The third-order valence-corrected chi connectivity index (χ3v) is 3.68. The summed E-state index contributed by atoms with van der Waals surface area (Å²) < 4.78 is 20.1. The van der Waals surface area contributed by atoms with E-state index in [1.165, 1.54) is 12.1 Å². The lowest BCUT2D eigenvalue weighted by atomic mass is 9.98. The van der Waals surface area contributed by atoms with Crippen LogP contribution in [0.5, 0.6) is 11.5 Å². The van der Waals surface area contributed by atoms with Crippen LogP contribution in [-0.2, 0) is 5.60 Å². The van der Waals surface area contributed by atoms with Crippen LogP contribution in [0.2, 0.25) is 0 Å². The fraction of sp³-hybridized carbons (Fsp3) is 0.294. The van der Waals surface area contributed by atoms with Gasteiger partial charge >= 0.3 is 0 Å². The second kappa shape index (κ2) is 5.78. The van der Waals surface area contributed by atoms with Crippen molar-refractivity contribution in [2.45, 2.75) is 33.3 Å². The van der Waals surface area contributed by atoms with Crippen LogP contribution in [0, 0.1) is 19.7 Å². The van der Waals surface area contributed by atoms with Gasteiger partial charge in [-0.2, -0.15) is 0 Å². The third-order valence-electron chi connectivity index (χ3n) is 3.22. The predicted octanol–water partition coefficient (Wildman–Crippen LogP) is 5.22. The van der Waals surface area contributed by atoms with Gasteiger partial charge in [0.1, 0.15) is 17.3 Å². The molecule has 0 aliphatic carbocycles. The summed E-state index contributed by atoms with van der Waals surface area (Å²) in [5.74, 6) is 0.958. The molecule has 112 valence electrons. The number of aryl methyl sites for hydroxylation is 2. The fourth-order valence-corrected chi connectivity index (χ4v) is 2.62.